The largest absolute Gasteiger partial charge is 0.480 e. The Morgan fingerprint density at radius 3 is 2.00 bits per heavy atom. The molecule has 0 aromatic rings. The molecule has 0 saturated carbocycles. The maximum atomic E-state index is 10.4. The Labute approximate surface area is 69.8 Å². The smallest absolute Gasteiger partial charge is 0.326 e. The van der Waals surface area contributed by atoms with E-state index in [4.69, 9.17) is 5.11 Å². The van der Waals surface area contributed by atoms with E-state index in [0.717, 1.165) is 11.5 Å². The van der Waals surface area contributed by atoms with Crippen LogP contribution >= 0.6 is 23.5 Å². The van der Waals surface area contributed by atoms with E-state index in [1.165, 1.54) is 23.5 Å². The van der Waals surface area contributed by atoms with Gasteiger partial charge in [-0.15, -0.1) is 23.5 Å². The van der Waals surface area contributed by atoms with Gasteiger partial charge in [0.2, 0.25) is 0 Å². The highest BCUT2D eigenvalue weighted by Gasteiger charge is 2.15. The summed E-state index contributed by atoms with van der Waals surface area (Å²) in [7, 11) is 0. The van der Waals surface area contributed by atoms with E-state index in [9.17, 15) is 4.79 Å². The van der Waals surface area contributed by atoms with Gasteiger partial charge in [0.15, 0.2) is 0 Å². The standard InChI is InChI=1S/C6H12O2S2/c1-3-9-6(5(7)8)10-4-2/h6H,3-4H2,1-2H3,(H,7,8). The van der Waals surface area contributed by atoms with Crippen molar-refractivity contribution in [2.75, 3.05) is 11.5 Å². The summed E-state index contributed by atoms with van der Waals surface area (Å²) >= 11 is 2.94. The first-order valence-electron chi connectivity index (χ1n) is 3.18. The summed E-state index contributed by atoms with van der Waals surface area (Å²) in [6, 6.07) is 0. The van der Waals surface area contributed by atoms with E-state index in [0.29, 0.717) is 0 Å². The van der Waals surface area contributed by atoms with Crippen molar-refractivity contribution in [3.63, 3.8) is 0 Å². The third kappa shape index (κ3) is 4.06. The van der Waals surface area contributed by atoms with E-state index in [-0.39, 0.29) is 4.58 Å². The average Bonchev–Trinajstić information content (AvgIpc) is 1.87. The van der Waals surface area contributed by atoms with E-state index in [1.807, 2.05) is 13.8 Å². The Bertz CT molecular complexity index is 99.9. The molecule has 0 aromatic heterocycles. The number of thioether (sulfide) groups is 2. The van der Waals surface area contributed by atoms with Crippen molar-refractivity contribution in [2.24, 2.45) is 0 Å². The third-order valence-electron chi connectivity index (χ3n) is 0.838. The molecule has 10 heavy (non-hydrogen) atoms. The predicted octanol–water partition coefficient (Wildman–Crippen LogP) is 1.90. The summed E-state index contributed by atoms with van der Waals surface area (Å²) in [6.07, 6.45) is 0. The van der Waals surface area contributed by atoms with Crippen LogP contribution in [0.5, 0.6) is 0 Å². The summed E-state index contributed by atoms with van der Waals surface area (Å²) in [4.78, 5) is 10.4. The first-order valence-corrected chi connectivity index (χ1v) is 5.28. The van der Waals surface area contributed by atoms with Crippen LogP contribution in [-0.2, 0) is 4.79 Å². The van der Waals surface area contributed by atoms with Crippen molar-refractivity contribution in [3.8, 4) is 0 Å². The van der Waals surface area contributed by atoms with E-state index in [1.54, 1.807) is 0 Å². The van der Waals surface area contributed by atoms with Crippen molar-refractivity contribution in [3.05, 3.63) is 0 Å². The van der Waals surface area contributed by atoms with Crippen molar-refractivity contribution < 1.29 is 9.90 Å². The summed E-state index contributed by atoms with van der Waals surface area (Å²) in [6.45, 7) is 3.94. The molecule has 0 radical (unpaired) electrons. The lowest BCUT2D eigenvalue weighted by molar-refractivity contribution is -0.134. The Kier molecular flexibility index (Phi) is 6.02. The lowest BCUT2D eigenvalue weighted by atomic mass is 10.8. The first-order chi connectivity index (χ1) is 4.72. The summed E-state index contributed by atoms with van der Waals surface area (Å²) in [5.74, 6) is 1.02. The van der Waals surface area contributed by atoms with Gasteiger partial charge in [0.1, 0.15) is 4.58 Å². The molecule has 0 bridgehead atoms. The number of carbonyl (C=O) groups is 1. The molecule has 0 heterocycles. The van der Waals surface area contributed by atoms with Crippen molar-refractivity contribution in [1.29, 1.82) is 0 Å². The predicted molar refractivity (Wildman–Crippen MR) is 47.7 cm³/mol. The average molecular weight is 180 g/mol. The molecule has 0 spiro atoms. The molecule has 0 aliphatic carbocycles. The fourth-order valence-corrected chi connectivity index (χ4v) is 2.59. The Morgan fingerprint density at radius 2 is 1.80 bits per heavy atom. The van der Waals surface area contributed by atoms with Gasteiger partial charge in [-0.05, 0) is 11.5 Å². The van der Waals surface area contributed by atoms with Gasteiger partial charge < -0.3 is 5.11 Å². The first kappa shape index (κ1) is 10.2. The summed E-state index contributed by atoms with van der Waals surface area (Å²) in [5, 5.41) is 8.59. The fourth-order valence-electron chi connectivity index (χ4n) is 0.493. The second-order valence-electron chi connectivity index (χ2n) is 1.58. The van der Waals surface area contributed by atoms with Crippen molar-refractivity contribution >= 4 is 29.5 Å². The minimum atomic E-state index is -0.710. The van der Waals surface area contributed by atoms with Gasteiger partial charge in [0.25, 0.3) is 0 Å². The Hall–Kier alpha value is 0.170. The highest BCUT2D eigenvalue weighted by atomic mass is 32.2. The molecule has 2 nitrogen and oxygen atoms in total. The van der Waals surface area contributed by atoms with Crippen LogP contribution in [0.4, 0.5) is 0 Å². The van der Waals surface area contributed by atoms with Crippen LogP contribution in [0.3, 0.4) is 0 Å². The minimum Gasteiger partial charge on any atom is -0.480 e. The zero-order valence-corrected chi connectivity index (χ0v) is 7.80. The van der Waals surface area contributed by atoms with Gasteiger partial charge >= 0.3 is 5.97 Å². The molecule has 60 valence electrons. The number of carboxylic acid groups (broad SMARTS) is 1. The second kappa shape index (κ2) is 5.92. The number of rotatable bonds is 5. The SMILES string of the molecule is CCSC(SCC)C(=O)O. The second-order valence-corrected chi connectivity index (χ2v) is 4.64. The minimum absolute atomic E-state index is 0.269. The normalized spacial score (nSPS) is 10.3. The van der Waals surface area contributed by atoms with E-state index >= 15 is 0 Å². The quantitative estimate of drug-likeness (QED) is 0.656. The maximum Gasteiger partial charge on any atom is 0.326 e. The van der Waals surface area contributed by atoms with Crippen LogP contribution in [0, 0.1) is 0 Å². The highest BCUT2D eigenvalue weighted by Crippen LogP contribution is 2.22. The molecule has 0 aliphatic heterocycles. The number of carboxylic acids is 1. The van der Waals surface area contributed by atoms with E-state index in [2.05, 4.69) is 0 Å². The summed E-state index contributed by atoms with van der Waals surface area (Å²) in [5.41, 5.74) is 0. The van der Waals surface area contributed by atoms with Gasteiger partial charge in [-0.2, -0.15) is 0 Å². The summed E-state index contributed by atoms with van der Waals surface area (Å²) < 4.78 is -0.269. The maximum absolute atomic E-state index is 10.4. The zero-order valence-electron chi connectivity index (χ0n) is 6.16. The molecular weight excluding hydrogens is 168 g/mol. The van der Waals surface area contributed by atoms with Crippen LogP contribution < -0.4 is 0 Å². The Morgan fingerprint density at radius 1 is 1.40 bits per heavy atom. The van der Waals surface area contributed by atoms with Crippen molar-refractivity contribution in [1.82, 2.24) is 0 Å². The van der Waals surface area contributed by atoms with Gasteiger partial charge in [-0.1, -0.05) is 13.8 Å². The number of hydrogen-bond acceptors (Lipinski definition) is 3. The van der Waals surface area contributed by atoms with Crippen LogP contribution in [0.15, 0.2) is 0 Å². The monoisotopic (exact) mass is 180 g/mol. The molecule has 0 rings (SSSR count). The van der Waals surface area contributed by atoms with Gasteiger partial charge in [0, 0.05) is 0 Å². The fraction of sp³-hybridized carbons (Fsp3) is 0.833. The van der Waals surface area contributed by atoms with Crippen LogP contribution in [0.1, 0.15) is 13.8 Å². The molecule has 4 heteroatoms. The van der Waals surface area contributed by atoms with Crippen molar-refractivity contribution in [2.45, 2.75) is 18.4 Å². The molecule has 0 fully saturated rings. The van der Waals surface area contributed by atoms with Gasteiger partial charge in [-0.3, -0.25) is 4.79 Å². The number of hydrogen-bond donors (Lipinski definition) is 1. The molecule has 0 aliphatic rings. The lowest BCUT2D eigenvalue weighted by Gasteiger charge is -2.07. The molecule has 0 unspecified atom stereocenters. The molecule has 0 saturated heterocycles. The lowest BCUT2D eigenvalue weighted by Crippen LogP contribution is -2.12. The molecule has 0 atom stereocenters. The zero-order chi connectivity index (χ0) is 7.98. The van der Waals surface area contributed by atoms with Crippen LogP contribution in [0.2, 0.25) is 0 Å². The van der Waals surface area contributed by atoms with Gasteiger partial charge in [-0.25, -0.2) is 0 Å². The molecular formula is C6H12O2S2. The third-order valence-corrected chi connectivity index (χ3v) is 3.33. The van der Waals surface area contributed by atoms with Crippen LogP contribution in [-0.4, -0.2) is 27.2 Å². The molecule has 1 N–H and O–H groups in total. The highest BCUT2D eigenvalue weighted by molar-refractivity contribution is 8.18. The molecule has 0 aromatic carbocycles. The number of aliphatic carboxylic acids is 1. The molecule has 0 amide bonds. The topological polar surface area (TPSA) is 37.3 Å². The van der Waals surface area contributed by atoms with Crippen LogP contribution in [0.25, 0.3) is 0 Å². The van der Waals surface area contributed by atoms with E-state index < -0.39 is 5.97 Å². The Balaban J connectivity index is 3.61. The van der Waals surface area contributed by atoms with Gasteiger partial charge in [0.05, 0.1) is 0 Å².